The molecule has 0 spiro atoms. The molecule has 0 saturated heterocycles. The van der Waals surface area contributed by atoms with Crippen molar-refractivity contribution in [3.05, 3.63) is 34.6 Å². The average molecular weight is 286 g/mol. The van der Waals surface area contributed by atoms with E-state index < -0.39 is 0 Å². The fraction of sp³-hybridized carbons (Fsp3) is 0.625. The Morgan fingerprint density at radius 1 is 1.21 bits per heavy atom. The molecule has 0 saturated carbocycles. The number of hydrogen-bond acceptors (Lipinski definition) is 1. The maximum absolute atomic E-state index is 14.2. The summed E-state index contributed by atoms with van der Waals surface area (Å²) in [6, 6.07) is 5.72. The van der Waals surface area contributed by atoms with E-state index in [4.69, 9.17) is 11.6 Å². The molecule has 1 aromatic carbocycles. The van der Waals surface area contributed by atoms with Crippen LogP contribution in [0.25, 0.3) is 0 Å². The van der Waals surface area contributed by atoms with Gasteiger partial charge in [-0.05, 0) is 17.5 Å². The summed E-state index contributed by atoms with van der Waals surface area (Å²) in [6.07, 6.45) is 2.10. The molecule has 0 aromatic heterocycles. The molecule has 0 heterocycles. The second-order valence-electron chi connectivity index (χ2n) is 5.39. The fourth-order valence-electron chi connectivity index (χ4n) is 2.56. The summed E-state index contributed by atoms with van der Waals surface area (Å²) >= 11 is 5.92. The molecule has 0 amide bonds. The van der Waals surface area contributed by atoms with Crippen molar-refractivity contribution >= 4 is 11.6 Å². The highest BCUT2D eigenvalue weighted by molar-refractivity contribution is 6.30. The zero-order valence-electron chi connectivity index (χ0n) is 12.3. The van der Waals surface area contributed by atoms with Crippen LogP contribution in [0.2, 0.25) is 5.02 Å². The maximum Gasteiger partial charge on any atom is 0.145 e. The van der Waals surface area contributed by atoms with Crippen LogP contribution in [0, 0.1) is 11.7 Å². The van der Waals surface area contributed by atoms with Crippen LogP contribution in [0.1, 0.15) is 52.0 Å². The second kappa shape index (κ2) is 7.86. The van der Waals surface area contributed by atoms with Gasteiger partial charge in [0.25, 0.3) is 0 Å². The lowest BCUT2D eigenvalue weighted by Gasteiger charge is -2.27. The van der Waals surface area contributed by atoms with E-state index in [2.05, 4.69) is 33.0 Å². The Bertz CT molecular complexity index is 388. The van der Waals surface area contributed by atoms with Crippen molar-refractivity contribution in [2.75, 3.05) is 6.54 Å². The standard InChI is InChI=1S/C16H25ClFN/c1-5-12(6-2)14(10-19-11(3)4)13-8-7-9-15(17)16(13)18/h7-9,11-12,14,19H,5-6,10H2,1-4H3. The fourth-order valence-corrected chi connectivity index (χ4v) is 2.74. The molecule has 1 aromatic rings. The number of halogens is 2. The lowest BCUT2D eigenvalue weighted by atomic mass is 9.82. The molecule has 1 nitrogen and oxygen atoms in total. The average Bonchev–Trinajstić information content (AvgIpc) is 2.38. The van der Waals surface area contributed by atoms with Crippen molar-refractivity contribution in [3.63, 3.8) is 0 Å². The van der Waals surface area contributed by atoms with E-state index in [0.29, 0.717) is 12.0 Å². The summed E-state index contributed by atoms with van der Waals surface area (Å²) in [5.41, 5.74) is 0.745. The minimum Gasteiger partial charge on any atom is -0.314 e. The minimum atomic E-state index is -0.258. The minimum absolute atomic E-state index is 0.177. The van der Waals surface area contributed by atoms with Gasteiger partial charge in [0.15, 0.2) is 0 Å². The number of nitrogens with one attached hydrogen (secondary N) is 1. The van der Waals surface area contributed by atoms with Gasteiger partial charge in [0.05, 0.1) is 5.02 Å². The topological polar surface area (TPSA) is 12.0 Å². The number of hydrogen-bond donors (Lipinski definition) is 1. The molecule has 3 heteroatoms. The molecule has 19 heavy (non-hydrogen) atoms. The van der Waals surface area contributed by atoms with Gasteiger partial charge in [-0.3, -0.25) is 0 Å². The van der Waals surface area contributed by atoms with E-state index in [0.717, 1.165) is 24.9 Å². The Balaban J connectivity index is 3.03. The normalized spacial score (nSPS) is 13.3. The SMILES string of the molecule is CCC(CC)C(CNC(C)C)c1cccc(Cl)c1F. The van der Waals surface area contributed by atoms with Gasteiger partial charge in [0.2, 0.25) is 0 Å². The Kier molecular flexibility index (Phi) is 6.81. The zero-order valence-corrected chi connectivity index (χ0v) is 13.1. The van der Waals surface area contributed by atoms with Crippen molar-refractivity contribution in [2.24, 2.45) is 5.92 Å². The highest BCUT2D eigenvalue weighted by Crippen LogP contribution is 2.33. The quantitative estimate of drug-likeness (QED) is 0.743. The van der Waals surface area contributed by atoms with Gasteiger partial charge < -0.3 is 5.32 Å². The first-order valence-electron chi connectivity index (χ1n) is 7.18. The van der Waals surface area contributed by atoms with Crippen LogP contribution >= 0.6 is 11.6 Å². The predicted octanol–water partition coefficient (Wildman–Crippen LogP) is 5.00. The molecule has 0 radical (unpaired) electrons. The van der Waals surface area contributed by atoms with Gasteiger partial charge in [-0.25, -0.2) is 4.39 Å². The number of rotatable bonds is 7. The van der Waals surface area contributed by atoms with Crippen LogP contribution in [-0.4, -0.2) is 12.6 Å². The van der Waals surface area contributed by atoms with Crippen LogP contribution in [0.15, 0.2) is 18.2 Å². The monoisotopic (exact) mass is 285 g/mol. The third kappa shape index (κ3) is 4.47. The van der Waals surface area contributed by atoms with E-state index in [1.54, 1.807) is 6.07 Å². The first kappa shape index (κ1) is 16.5. The summed E-state index contributed by atoms with van der Waals surface area (Å²) in [6.45, 7) is 9.34. The van der Waals surface area contributed by atoms with E-state index in [9.17, 15) is 4.39 Å². The Morgan fingerprint density at radius 3 is 2.37 bits per heavy atom. The van der Waals surface area contributed by atoms with Crippen molar-refractivity contribution in [1.82, 2.24) is 5.32 Å². The van der Waals surface area contributed by atoms with E-state index in [1.165, 1.54) is 0 Å². The zero-order chi connectivity index (χ0) is 14.4. The van der Waals surface area contributed by atoms with Crippen molar-refractivity contribution in [2.45, 2.75) is 52.5 Å². The van der Waals surface area contributed by atoms with Crippen LogP contribution in [0.5, 0.6) is 0 Å². The molecule has 0 aliphatic carbocycles. The molecule has 0 bridgehead atoms. The largest absolute Gasteiger partial charge is 0.314 e. The molecular formula is C16H25ClFN. The van der Waals surface area contributed by atoms with Crippen LogP contribution in [0.3, 0.4) is 0 Å². The van der Waals surface area contributed by atoms with E-state index in [-0.39, 0.29) is 16.8 Å². The lowest BCUT2D eigenvalue weighted by molar-refractivity contribution is 0.361. The highest BCUT2D eigenvalue weighted by Gasteiger charge is 2.24. The van der Waals surface area contributed by atoms with Gasteiger partial charge in [0, 0.05) is 18.5 Å². The molecule has 1 rings (SSSR count). The van der Waals surface area contributed by atoms with Crippen LogP contribution < -0.4 is 5.32 Å². The predicted molar refractivity (Wildman–Crippen MR) is 81.4 cm³/mol. The van der Waals surface area contributed by atoms with E-state index >= 15 is 0 Å². The number of benzene rings is 1. The Morgan fingerprint density at radius 2 is 1.84 bits per heavy atom. The second-order valence-corrected chi connectivity index (χ2v) is 5.80. The van der Waals surface area contributed by atoms with Gasteiger partial charge in [0.1, 0.15) is 5.82 Å². The molecule has 108 valence electrons. The molecule has 0 aliphatic heterocycles. The van der Waals surface area contributed by atoms with Gasteiger partial charge in [-0.1, -0.05) is 64.3 Å². The Hall–Kier alpha value is -0.600. The first-order chi connectivity index (χ1) is 9.01. The molecule has 0 fully saturated rings. The van der Waals surface area contributed by atoms with Crippen LogP contribution in [-0.2, 0) is 0 Å². The van der Waals surface area contributed by atoms with Gasteiger partial charge in [-0.15, -0.1) is 0 Å². The maximum atomic E-state index is 14.2. The summed E-state index contributed by atoms with van der Waals surface area (Å²) in [7, 11) is 0. The summed E-state index contributed by atoms with van der Waals surface area (Å²) in [5, 5.41) is 3.65. The molecule has 1 N–H and O–H groups in total. The summed E-state index contributed by atoms with van der Waals surface area (Å²) in [4.78, 5) is 0. The molecular weight excluding hydrogens is 261 g/mol. The van der Waals surface area contributed by atoms with Crippen molar-refractivity contribution in [3.8, 4) is 0 Å². The molecule has 0 aliphatic rings. The van der Waals surface area contributed by atoms with Crippen molar-refractivity contribution in [1.29, 1.82) is 0 Å². The van der Waals surface area contributed by atoms with Gasteiger partial charge >= 0.3 is 0 Å². The molecule has 1 atom stereocenters. The Labute approximate surface area is 121 Å². The van der Waals surface area contributed by atoms with Crippen LogP contribution in [0.4, 0.5) is 4.39 Å². The van der Waals surface area contributed by atoms with Gasteiger partial charge in [-0.2, -0.15) is 0 Å². The lowest BCUT2D eigenvalue weighted by Crippen LogP contribution is -2.31. The third-order valence-electron chi connectivity index (χ3n) is 3.74. The smallest absolute Gasteiger partial charge is 0.145 e. The van der Waals surface area contributed by atoms with Crippen molar-refractivity contribution < 1.29 is 4.39 Å². The van der Waals surface area contributed by atoms with E-state index in [1.807, 2.05) is 12.1 Å². The summed E-state index contributed by atoms with van der Waals surface area (Å²) in [5.74, 6) is 0.391. The third-order valence-corrected chi connectivity index (χ3v) is 4.04. The highest BCUT2D eigenvalue weighted by atomic mass is 35.5. The summed E-state index contributed by atoms with van der Waals surface area (Å²) < 4.78 is 14.2. The first-order valence-corrected chi connectivity index (χ1v) is 7.56. The molecule has 1 unspecified atom stereocenters.